The van der Waals surface area contributed by atoms with Crippen LogP contribution in [-0.4, -0.2) is 9.97 Å². The van der Waals surface area contributed by atoms with Gasteiger partial charge in [0.05, 0.1) is 11.0 Å². The summed E-state index contributed by atoms with van der Waals surface area (Å²) in [4.78, 5) is 7.70. The largest absolute Gasteiger partial charge is 0.338 e. The van der Waals surface area contributed by atoms with Crippen LogP contribution in [0.25, 0.3) is 22.4 Å². The molecule has 0 unspecified atom stereocenters. The zero-order chi connectivity index (χ0) is 11.8. The second-order valence-corrected chi connectivity index (χ2v) is 4.07. The van der Waals surface area contributed by atoms with Crippen molar-refractivity contribution < 1.29 is 4.39 Å². The maximum absolute atomic E-state index is 13.1. The average Bonchev–Trinajstić information content (AvgIpc) is 2.74. The summed E-state index contributed by atoms with van der Waals surface area (Å²) < 4.78 is 13.1. The Morgan fingerprint density at radius 1 is 1.12 bits per heavy atom. The molecule has 1 aromatic heterocycles. The lowest BCUT2D eigenvalue weighted by atomic mass is 10.2. The van der Waals surface area contributed by atoms with Gasteiger partial charge in [0.15, 0.2) is 0 Å². The van der Waals surface area contributed by atoms with E-state index >= 15 is 0 Å². The smallest absolute Gasteiger partial charge is 0.138 e. The van der Waals surface area contributed by atoms with Crippen LogP contribution in [0.15, 0.2) is 42.5 Å². The summed E-state index contributed by atoms with van der Waals surface area (Å²) in [6.45, 7) is 2.01. The predicted octanol–water partition coefficient (Wildman–Crippen LogP) is 3.68. The van der Waals surface area contributed by atoms with Crippen LogP contribution in [0.2, 0.25) is 0 Å². The second kappa shape index (κ2) is 3.70. The number of hydrogen-bond acceptors (Lipinski definition) is 1. The molecule has 17 heavy (non-hydrogen) atoms. The molecule has 0 atom stereocenters. The summed E-state index contributed by atoms with van der Waals surface area (Å²) in [5.41, 5.74) is 3.79. The highest BCUT2D eigenvalue weighted by molar-refractivity contribution is 5.82. The van der Waals surface area contributed by atoms with Crippen LogP contribution < -0.4 is 0 Å². The van der Waals surface area contributed by atoms with Gasteiger partial charge in [0.2, 0.25) is 0 Å². The van der Waals surface area contributed by atoms with Gasteiger partial charge in [-0.2, -0.15) is 0 Å². The van der Waals surface area contributed by atoms with Crippen LogP contribution >= 0.6 is 0 Å². The third-order valence-corrected chi connectivity index (χ3v) is 2.81. The van der Waals surface area contributed by atoms with Gasteiger partial charge in [-0.1, -0.05) is 24.3 Å². The van der Waals surface area contributed by atoms with Crippen LogP contribution in [-0.2, 0) is 0 Å². The van der Waals surface area contributed by atoms with E-state index < -0.39 is 0 Å². The summed E-state index contributed by atoms with van der Waals surface area (Å²) in [6.07, 6.45) is 0. The first-order valence-electron chi connectivity index (χ1n) is 5.45. The maximum atomic E-state index is 13.1. The highest BCUT2D eigenvalue weighted by atomic mass is 19.1. The number of imidazole rings is 1. The molecular weight excluding hydrogens is 215 g/mol. The van der Waals surface area contributed by atoms with Gasteiger partial charge in [-0.3, -0.25) is 0 Å². The van der Waals surface area contributed by atoms with Crippen LogP contribution in [0.3, 0.4) is 0 Å². The maximum Gasteiger partial charge on any atom is 0.138 e. The van der Waals surface area contributed by atoms with E-state index in [1.54, 1.807) is 6.07 Å². The first-order chi connectivity index (χ1) is 8.24. The molecule has 0 aliphatic carbocycles. The highest BCUT2D eigenvalue weighted by Gasteiger charge is 2.07. The van der Waals surface area contributed by atoms with E-state index in [1.165, 1.54) is 12.1 Å². The fraction of sp³-hybridized carbons (Fsp3) is 0.0714. The molecule has 0 amide bonds. The molecule has 84 valence electrons. The predicted molar refractivity (Wildman–Crippen MR) is 66.2 cm³/mol. The number of nitrogens with zero attached hydrogens (tertiary/aromatic N) is 1. The number of H-pyrrole nitrogens is 1. The molecular formula is C14H11FN2. The number of aromatic amines is 1. The molecule has 1 N–H and O–H groups in total. The summed E-state index contributed by atoms with van der Waals surface area (Å²) in [5, 5.41) is 0. The van der Waals surface area contributed by atoms with E-state index in [0.29, 0.717) is 5.82 Å². The fourth-order valence-electron chi connectivity index (χ4n) is 1.95. The van der Waals surface area contributed by atoms with Crippen molar-refractivity contribution in [2.45, 2.75) is 6.92 Å². The molecule has 0 radical (unpaired) electrons. The number of nitrogens with one attached hydrogen (secondary N) is 1. The number of rotatable bonds is 1. The zero-order valence-corrected chi connectivity index (χ0v) is 9.37. The van der Waals surface area contributed by atoms with Gasteiger partial charge in [0.1, 0.15) is 11.6 Å². The molecule has 2 aromatic carbocycles. The molecule has 0 fully saturated rings. The van der Waals surface area contributed by atoms with Gasteiger partial charge in [-0.15, -0.1) is 0 Å². The van der Waals surface area contributed by atoms with Gasteiger partial charge < -0.3 is 4.98 Å². The molecule has 0 spiro atoms. The normalized spacial score (nSPS) is 10.9. The zero-order valence-electron chi connectivity index (χ0n) is 9.37. The van der Waals surface area contributed by atoms with Gasteiger partial charge in [-0.05, 0) is 30.7 Å². The van der Waals surface area contributed by atoms with E-state index in [9.17, 15) is 4.39 Å². The van der Waals surface area contributed by atoms with Crippen molar-refractivity contribution in [3.8, 4) is 11.4 Å². The van der Waals surface area contributed by atoms with Gasteiger partial charge in [-0.25, -0.2) is 9.37 Å². The van der Waals surface area contributed by atoms with Crippen molar-refractivity contribution >= 4 is 11.0 Å². The molecule has 3 aromatic rings. The van der Waals surface area contributed by atoms with Crippen LogP contribution in [0.5, 0.6) is 0 Å². The van der Waals surface area contributed by atoms with Gasteiger partial charge in [0.25, 0.3) is 0 Å². The topological polar surface area (TPSA) is 28.7 Å². The van der Waals surface area contributed by atoms with Crippen molar-refractivity contribution in [3.63, 3.8) is 0 Å². The quantitative estimate of drug-likeness (QED) is 0.673. The number of halogens is 1. The van der Waals surface area contributed by atoms with Crippen molar-refractivity contribution in [1.82, 2.24) is 9.97 Å². The van der Waals surface area contributed by atoms with E-state index in [0.717, 1.165) is 22.2 Å². The monoisotopic (exact) mass is 226 g/mol. The molecule has 2 nitrogen and oxygen atoms in total. The average molecular weight is 226 g/mol. The van der Waals surface area contributed by atoms with Crippen molar-refractivity contribution in [1.29, 1.82) is 0 Å². The number of para-hydroxylation sites is 1. The lowest BCUT2D eigenvalue weighted by Crippen LogP contribution is -1.81. The summed E-state index contributed by atoms with van der Waals surface area (Å²) in [7, 11) is 0. The van der Waals surface area contributed by atoms with E-state index in [1.807, 2.05) is 31.2 Å². The summed E-state index contributed by atoms with van der Waals surface area (Å²) >= 11 is 0. The highest BCUT2D eigenvalue weighted by Crippen LogP contribution is 2.22. The van der Waals surface area contributed by atoms with Crippen molar-refractivity contribution in [2.24, 2.45) is 0 Å². The lowest BCUT2D eigenvalue weighted by molar-refractivity contribution is 0.628. The number of benzene rings is 2. The molecule has 3 heteroatoms. The van der Waals surface area contributed by atoms with E-state index in [4.69, 9.17) is 0 Å². The number of fused-ring (bicyclic) bond motifs is 1. The molecule has 0 saturated carbocycles. The standard InChI is InChI=1S/C14H11FN2/c1-9-4-2-7-12-13(9)17-14(16-12)10-5-3-6-11(15)8-10/h2-8H,1H3,(H,16,17). The minimum Gasteiger partial charge on any atom is -0.338 e. The van der Waals surface area contributed by atoms with Crippen molar-refractivity contribution in [3.05, 3.63) is 53.8 Å². The third kappa shape index (κ3) is 1.69. The number of hydrogen-bond donors (Lipinski definition) is 1. The van der Waals surface area contributed by atoms with E-state index in [-0.39, 0.29) is 5.82 Å². The first-order valence-corrected chi connectivity index (χ1v) is 5.45. The number of aromatic nitrogens is 2. The molecule has 0 bridgehead atoms. The summed E-state index contributed by atoms with van der Waals surface area (Å²) in [5.74, 6) is 0.452. The van der Waals surface area contributed by atoms with E-state index in [2.05, 4.69) is 9.97 Å². The van der Waals surface area contributed by atoms with Crippen LogP contribution in [0.4, 0.5) is 4.39 Å². The van der Waals surface area contributed by atoms with Gasteiger partial charge >= 0.3 is 0 Å². The number of aryl methyl sites for hydroxylation is 1. The van der Waals surface area contributed by atoms with Crippen LogP contribution in [0.1, 0.15) is 5.56 Å². The second-order valence-electron chi connectivity index (χ2n) is 4.07. The van der Waals surface area contributed by atoms with Crippen molar-refractivity contribution in [2.75, 3.05) is 0 Å². The molecule has 0 aliphatic rings. The molecule has 0 aliphatic heterocycles. The van der Waals surface area contributed by atoms with Gasteiger partial charge in [0, 0.05) is 5.56 Å². The molecule has 0 saturated heterocycles. The first kappa shape index (κ1) is 10.0. The fourth-order valence-corrected chi connectivity index (χ4v) is 1.95. The Labute approximate surface area is 98.1 Å². The Morgan fingerprint density at radius 2 is 1.94 bits per heavy atom. The molecule has 3 rings (SSSR count). The Hall–Kier alpha value is -2.16. The van der Waals surface area contributed by atoms with Crippen LogP contribution in [0, 0.1) is 12.7 Å². The summed E-state index contributed by atoms with van der Waals surface area (Å²) in [6, 6.07) is 12.4. The third-order valence-electron chi connectivity index (χ3n) is 2.81. The minimum atomic E-state index is -0.250. The Kier molecular flexibility index (Phi) is 2.18. The Morgan fingerprint density at radius 3 is 2.71 bits per heavy atom. The SMILES string of the molecule is Cc1cccc2[nH]c(-c3cccc(F)c3)nc12. The minimum absolute atomic E-state index is 0.250. The Balaban J connectivity index is 2.22. The Bertz CT molecular complexity index is 686. The lowest BCUT2D eigenvalue weighted by Gasteiger charge is -1.95. The molecule has 1 heterocycles.